The molecule has 3 N–H and O–H groups in total. The Morgan fingerprint density at radius 3 is 2.81 bits per heavy atom. The van der Waals surface area contributed by atoms with E-state index in [2.05, 4.69) is 21.2 Å². The van der Waals surface area contributed by atoms with Crippen molar-refractivity contribution in [2.45, 2.75) is 0 Å². The number of methoxy groups -OCH3 is 1. The number of benzene rings is 1. The minimum atomic E-state index is -0.176. The first-order valence-corrected chi connectivity index (χ1v) is 5.30. The molecule has 0 bridgehead atoms. The summed E-state index contributed by atoms with van der Waals surface area (Å²) >= 11 is 3.31. The molecule has 90 valence electrons. The Kier molecular flexibility index (Phi) is 7.12. The van der Waals surface area contributed by atoms with Gasteiger partial charge >= 0.3 is 0 Å². The number of hydrogen-bond donors (Lipinski definition) is 2. The van der Waals surface area contributed by atoms with Crippen LogP contribution in [0.1, 0.15) is 10.4 Å². The molecule has 0 aliphatic rings. The van der Waals surface area contributed by atoms with Gasteiger partial charge in [-0.3, -0.25) is 4.79 Å². The highest BCUT2D eigenvalue weighted by molar-refractivity contribution is 9.10. The normalized spacial score (nSPS) is 9.19. The first-order chi connectivity index (χ1) is 7.19. The maximum Gasteiger partial charge on any atom is 0.255 e. The summed E-state index contributed by atoms with van der Waals surface area (Å²) in [5.74, 6) is 0.365. The van der Waals surface area contributed by atoms with Gasteiger partial charge in [0.15, 0.2) is 0 Å². The van der Waals surface area contributed by atoms with Crippen molar-refractivity contribution in [1.29, 1.82) is 0 Å². The summed E-state index contributed by atoms with van der Waals surface area (Å²) in [6, 6.07) is 5.24. The SMILES string of the molecule is COc1cc(Br)ccc1C(=O)NCCN.Cl. The Balaban J connectivity index is 0.00000225. The lowest BCUT2D eigenvalue weighted by molar-refractivity contribution is 0.0951. The van der Waals surface area contributed by atoms with Crippen LogP contribution in [0.5, 0.6) is 5.75 Å². The van der Waals surface area contributed by atoms with Crippen LogP contribution in [0.15, 0.2) is 22.7 Å². The highest BCUT2D eigenvalue weighted by Crippen LogP contribution is 2.23. The molecule has 0 fully saturated rings. The highest BCUT2D eigenvalue weighted by Gasteiger charge is 2.11. The van der Waals surface area contributed by atoms with Crippen LogP contribution in [0, 0.1) is 0 Å². The first-order valence-electron chi connectivity index (χ1n) is 4.51. The molecular formula is C10H14BrClN2O2. The number of carbonyl (C=O) groups is 1. The smallest absolute Gasteiger partial charge is 0.255 e. The second-order valence-electron chi connectivity index (χ2n) is 2.89. The summed E-state index contributed by atoms with van der Waals surface area (Å²) < 4.78 is 5.98. The van der Waals surface area contributed by atoms with Crippen molar-refractivity contribution >= 4 is 34.2 Å². The fraction of sp³-hybridized carbons (Fsp3) is 0.300. The Labute approximate surface area is 109 Å². The second-order valence-corrected chi connectivity index (χ2v) is 3.80. The van der Waals surface area contributed by atoms with Crippen LogP contribution >= 0.6 is 28.3 Å². The predicted molar refractivity (Wildman–Crippen MR) is 69.3 cm³/mol. The number of ether oxygens (including phenoxy) is 1. The zero-order valence-electron chi connectivity index (χ0n) is 8.83. The van der Waals surface area contributed by atoms with Crippen molar-refractivity contribution in [3.8, 4) is 5.75 Å². The molecule has 1 amide bonds. The summed E-state index contributed by atoms with van der Waals surface area (Å²) in [6.07, 6.45) is 0. The lowest BCUT2D eigenvalue weighted by Gasteiger charge is -2.08. The average Bonchev–Trinajstić information content (AvgIpc) is 2.25. The summed E-state index contributed by atoms with van der Waals surface area (Å²) in [7, 11) is 1.53. The number of rotatable bonds is 4. The van der Waals surface area contributed by atoms with Crippen molar-refractivity contribution < 1.29 is 9.53 Å². The zero-order valence-corrected chi connectivity index (χ0v) is 11.2. The van der Waals surface area contributed by atoms with E-state index in [1.165, 1.54) is 7.11 Å². The third-order valence-corrected chi connectivity index (χ3v) is 2.33. The lowest BCUT2D eigenvalue weighted by atomic mass is 10.2. The monoisotopic (exact) mass is 308 g/mol. The van der Waals surface area contributed by atoms with Gasteiger partial charge in [-0.15, -0.1) is 12.4 Å². The van der Waals surface area contributed by atoms with Crippen LogP contribution in [-0.2, 0) is 0 Å². The minimum absolute atomic E-state index is 0. The molecule has 1 aromatic carbocycles. The number of nitrogens with two attached hydrogens (primary N) is 1. The van der Waals surface area contributed by atoms with E-state index in [9.17, 15) is 4.79 Å². The second kappa shape index (κ2) is 7.49. The third-order valence-electron chi connectivity index (χ3n) is 1.84. The molecule has 1 rings (SSSR count). The molecule has 0 aliphatic carbocycles. The first kappa shape index (κ1) is 15.2. The number of hydrogen-bond acceptors (Lipinski definition) is 3. The predicted octanol–water partition coefficient (Wildman–Crippen LogP) is 1.57. The quantitative estimate of drug-likeness (QED) is 0.887. The van der Waals surface area contributed by atoms with E-state index in [-0.39, 0.29) is 18.3 Å². The van der Waals surface area contributed by atoms with Gasteiger partial charge in [0.05, 0.1) is 12.7 Å². The van der Waals surface area contributed by atoms with Gasteiger partial charge in [0, 0.05) is 17.6 Å². The van der Waals surface area contributed by atoms with Gasteiger partial charge in [0.2, 0.25) is 0 Å². The van der Waals surface area contributed by atoms with Crippen molar-refractivity contribution in [3.05, 3.63) is 28.2 Å². The molecule has 0 unspecified atom stereocenters. The van der Waals surface area contributed by atoms with E-state index in [1.54, 1.807) is 18.2 Å². The van der Waals surface area contributed by atoms with Gasteiger partial charge in [-0.1, -0.05) is 15.9 Å². The topological polar surface area (TPSA) is 64.3 Å². The Morgan fingerprint density at radius 1 is 1.56 bits per heavy atom. The molecule has 0 heterocycles. The zero-order chi connectivity index (χ0) is 11.3. The largest absolute Gasteiger partial charge is 0.496 e. The number of nitrogens with one attached hydrogen (secondary N) is 1. The molecule has 0 radical (unpaired) electrons. The van der Waals surface area contributed by atoms with Gasteiger partial charge in [0.25, 0.3) is 5.91 Å². The molecule has 6 heteroatoms. The minimum Gasteiger partial charge on any atom is -0.496 e. The fourth-order valence-electron chi connectivity index (χ4n) is 1.13. The van der Waals surface area contributed by atoms with Gasteiger partial charge in [-0.25, -0.2) is 0 Å². The molecule has 0 spiro atoms. The maximum atomic E-state index is 11.6. The molecule has 4 nitrogen and oxygen atoms in total. The van der Waals surface area contributed by atoms with Crippen LogP contribution in [0.3, 0.4) is 0 Å². The van der Waals surface area contributed by atoms with Crippen LogP contribution < -0.4 is 15.8 Å². The van der Waals surface area contributed by atoms with E-state index in [4.69, 9.17) is 10.5 Å². The van der Waals surface area contributed by atoms with Crippen LogP contribution in [-0.4, -0.2) is 26.1 Å². The molecular weight excluding hydrogens is 295 g/mol. The molecule has 0 aromatic heterocycles. The summed E-state index contributed by atoms with van der Waals surface area (Å²) in [5, 5.41) is 2.68. The van der Waals surface area contributed by atoms with E-state index in [0.29, 0.717) is 24.4 Å². The Bertz CT molecular complexity index is 361. The summed E-state index contributed by atoms with van der Waals surface area (Å²) in [6.45, 7) is 0.878. The van der Waals surface area contributed by atoms with Crippen molar-refractivity contribution in [3.63, 3.8) is 0 Å². The fourth-order valence-corrected chi connectivity index (χ4v) is 1.47. The molecule has 16 heavy (non-hydrogen) atoms. The van der Waals surface area contributed by atoms with E-state index in [0.717, 1.165) is 4.47 Å². The lowest BCUT2D eigenvalue weighted by Crippen LogP contribution is -2.29. The standard InChI is InChI=1S/C10H13BrN2O2.ClH/c1-15-9-6-7(11)2-3-8(9)10(14)13-5-4-12;/h2-3,6H,4-5,12H2,1H3,(H,13,14);1H. The van der Waals surface area contributed by atoms with E-state index < -0.39 is 0 Å². The number of amides is 1. The van der Waals surface area contributed by atoms with Gasteiger partial charge < -0.3 is 15.8 Å². The third kappa shape index (κ3) is 4.00. The maximum absolute atomic E-state index is 11.6. The molecule has 0 aliphatic heterocycles. The highest BCUT2D eigenvalue weighted by atomic mass is 79.9. The molecule has 1 aromatic rings. The van der Waals surface area contributed by atoms with Crippen LogP contribution in [0.25, 0.3) is 0 Å². The van der Waals surface area contributed by atoms with E-state index in [1.807, 2.05) is 0 Å². The van der Waals surface area contributed by atoms with Crippen LogP contribution in [0.2, 0.25) is 0 Å². The Hall–Kier alpha value is -0.780. The van der Waals surface area contributed by atoms with Crippen molar-refractivity contribution in [1.82, 2.24) is 5.32 Å². The van der Waals surface area contributed by atoms with Gasteiger partial charge in [-0.2, -0.15) is 0 Å². The molecule has 0 atom stereocenters. The summed E-state index contributed by atoms with van der Waals surface area (Å²) in [5.41, 5.74) is 5.80. The van der Waals surface area contributed by atoms with Gasteiger partial charge in [0.1, 0.15) is 5.75 Å². The van der Waals surface area contributed by atoms with E-state index >= 15 is 0 Å². The number of carbonyl (C=O) groups excluding carboxylic acids is 1. The van der Waals surface area contributed by atoms with Crippen molar-refractivity contribution in [2.24, 2.45) is 5.73 Å². The van der Waals surface area contributed by atoms with Gasteiger partial charge in [-0.05, 0) is 18.2 Å². The number of halogens is 2. The van der Waals surface area contributed by atoms with Crippen molar-refractivity contribution in [2.75, 3.05) is 20.2 Å². The summed E-state index contributed by atoms with van der Waals surface area (Å²) in [4.78, 5) is 11.6. The molecule has 0 saturated carbocycles. The van der Waals surface area contributed by atoms with Crippen LogP contribution in [0.4, 0.5) is 0 Å². The average molecular weight is 310 g/mol. The molecule has 0 saturated heterocycles. The Morgan fingerprint density at radius 2 is 2.25 bits per heavy atom.